The van der Waals surface area contributed by atoms with Gasteiger partial charge in [-0.25, -0.2) is 8.78 Å². The zero-order valence-electron chi connectivity index (χ0n) is 9.38. The number of aromatic hydroxyl groups is 1. The summed E-state index contributed by atoms with van der Waals surface area (Å²) in [5.41, 5.74) is 0.490. The highest BCUT2D eigenvalue weighted by Crippen LogP contribution is 2.21. The van der Waals surface area contributed by atoms with Crippen LogP contribution in [0.25, 0.3) is 0 Å². The quantitative estimate of drug-likeness (QED) is 0.852. The summed E-state index contributed by atoms with van der Waals surface area (Å²) in [4.78, 5) is 0. The SMILES string of the molecule is Oc1c(F)cc(CNC2CCOCC2)cc1F. The lowest BCUT2D eigenvalue weighted by Crippen LogP contribution is -2.34. The molecular weight excluding hydrogens is 228 g/mol. The van der Waals surface area contributed by atoms with E-state index >= 15 is 0 Å². The summed E-state index contributed by atoms with van der Waals surface area (Å²) >= 11 is 0. The Balaban J connectivity index is 1.94. The molecule has 1 aromatic carbocycles. The van der Waals surface area contributed by atoms with Gasteiger partial charge < -0.3 is 15.2 Å². The average molecular weight is 243 g/mol. The summed E-state index contributed by atoms with van der Waals surface area (Å²) in [5.74, 6) is -2.76. The molecule has 0 spiro atoms. The van der Waals surface area contributed by atoms with Crippen LogP contribution in [-0.4, -0.2) is 24.4 Å². The first-order valence-electron chi connectivity index (χ1n) is 5.65. The summed E-state index contributed by atoms with van der Waals surface area (Å²) in [6, 6.07) is 2.61. The molecule has 2 rings (SSSR count). The number of halogens is 2. The smallest absolute Gasteiger partial charge is 0.187 e. The number of benzene rings is 1. The Morgan fingerprint density at radius 3 is 2.41 bits per heavy atom. The monoisotopic (exact) mass is 243 g/mol. The first-order chi connectivity index (χ1) is 8.16. The second-order valence-electron chi connectivity index (χ2n) is 4.18. The predicted octanol–water partition coefficient (Wildman–Crippen LogP) is 1.94. The summed E-state index contributed by atoms with van der Waals surface area (Å²) in [6.07, 6.45) is 1.81. The van der Waals surface area contributed by atoms with Gasteiger partial charge in [0.1, 0.15) is 0 Å². The number of ether oxygens (including phenoxy) is 1. The van der Waals surface area contributed by atoms with E-state index in [0.717, 1.165) is 38.2 Å². The third-order valence-electron chi connectivity index (χ3n) is 2.89. The van der Waals surface area contributed by atoms with Gasteiger partial charge in [-0.15, -0.1) is 0 Å². The van der Waals surface area contributed by atoms with E-state index in [1.165, 1.54) is 0 Å². The molecule has 0 aromatic heterocycles. The second kappa shape index (κ2) is 5.42. The molecule has 1 heterocycles. The average Bonchev–Trinajstić information content (AvgIpc) is 2.34. The van der Waals surface area contributed by atoms with E-state index in [1.807, 2.05) is 0 Å². The van der Waals surface area contributed by atoms with Gasteiger partial charge >= 0.3 is 0 Å². The highest BCUT2D eigenvalue weighted by molar-refractivity contribution is 5.29. The minimum absolute atomic E-state index is 0.323. The van der Waals surface area contributed by atoms with Crippen molar-refractivity contribution in [2.24, 2.45) is 0 Å². The lowest BCUT2D eigenvalue weighted by molar-refractivity contribution is 0.0776. The maximum absolute atomic E-state index is 13.1. The zero-order chi connectivity index (χ0) is 12.3. The molecule has 0 unspecified atom stereocenters. The molecule has 1 aliphatic heterocycles. The number of phenolic OH excluding ortho intramolecular Hbond substituents is 1. The highest BCUT2D eigenvalue weighted by atomic mass is 19.1. The highest BCUT2D eigenvalue weighted by Gasteiger charge is 2.14. The van der Waals surface area contributed by atoms with Crippen molar-refractivity contribution in [3.63, 3.8) is 0 Å². The van der Waals surface area contributed by atoms with Gasteiger partial charge in [-0.1, -0.05) is 0 Å². The largest absolute Gasteiger partial charge is 0.503 e. The fourth-order valence-corrected chi connectivity index (χ4v) is 1.88. The normalized spacial score (nSPS) is 17.3. The molecule has 1 aliphatic rings. The number of hydrogen-bond donors (Lipinski definition) is 2. The van der Waals surface area contributed by atoms with Crippen molar-refractivity contribution in [2.75, 3.05) is 13.2 Å². The van der Waals surface area contributed by atoms with Crippen molar-refractivity contribution in [3.05, 3.63) is 29.3 Å². The number of hydrogen-bond acceptors (Lipinski definition) is 3. The first-order valence-corrected chi connectivity index (χ1v) is 5.65. The van der Waals surface area contributed by atoms with Gasteiger partial charge in [0.05, 0.1) is 0 Å². The zero-order valence-corrected chi connectivity index (χ0v) is 9.38. The van der Waals surface area contributed by atoms with Crippen LogP contribution in [0.4, 0.5) is 8.78 Å². The number of phenols is 1. The molecule has 0 aliphatic carbocycles. The van der Waals surface area contributed by atoms with E-state index in [9.17, 15) is 8.78 Å². The Hall–Kier alpha value is -1.20. The van der Waals surface area contributed by atoms with Crippen molar-refractivity contribution in [1.82, 2.24) is 5.32 Å². The second-order valence-corrected chi connectivity index (χ2v) is 4.18. The van der Waals surface area contributed by atoms with E-state index in [4.69, 9.17) is 9.84 Å². The van der Waals surface area contributed by atoms with Crippen LogP contribution in [0.3, 0.4) is 0 Å². The van der Waals surface area contributed by atoms with Gasteiger partial charge in [-0.3, -0.25) is 0 Å². The maximum Gasteiger partial charge on any atom is 0.187 e. The molecule has 3 nitrogen and oxygen atoms in total. The molecule has 0 radical (unpaired) electrons. The standard InChI is InChI=1S/C12H15F2NO2/c13-10-5-8(6-11(14)12(10)16)7-15-9-1-3-17-4-2-9/h5-6,9,15-16H,1-4,7H2. The van der Waals surface area contributed by atoms with Crippen molar-refractivity contribution < 1.29 is 18.6 Å². The van der Waals surface area contributed by atoms with Crippen LogP contribution in [0.15, 0.2) is 12.1 Å². The summed E-state index contributed by atoms with van der Waals surface area (Å²) < 4.78 is 31.3. The van der Waals surface area contributed by atoms with Gasteiger partial charge in [0, 0.05) is 25.8 Å². The third kappa shape index (κ3) is 3.14. The van der Waals surface area contributed by atoms with Crippen LogP contribution in [0.5, 0.6) is 5.75 Å². The predicted molar refractivity (Wildman–Crippen MR) is 58.7 cm³/mol. The van der Waals surface area contributed by atoms with E-state index < -0.39 is 17.4 Å². The van der Waals surface area contributed by atoms with Gasteiger partial charge in [-0.05, 0) is 30.5 Å². The molecule has 0 atom stereocenters. The minimum Gasteiger partial charge on any atom is -0.503 e. The maximum atomic E-state index is 13.1. The summed E-state index contributed by atoms with van der Waals surface area (Å²) in [5, 5.41) is 12.2. The Morgan fingerprint density at radius 2 is 1.82 bits per heavy atom. The Bertz CT molecular complexity index is 369. The Labute approximate surface area is 98.4 Å². The minimum atomic E-state index is -0.922. The lowest BCUT2D eigenvalue weighted by atomic mass is 10.1. The first kappa shape index (κ1) is 12.3. The molecule has 2 N–H and O–H groups in total. The topological polar surface area (TPSA) is 41.5 Å². The van der Waals surface area contributed by atoms with Crippen LogP contribution < -0.4 is 5.32 Å². The molecule has 5 heteroatoms. The van der Waals surface area contributed by atoms with Gasteiger partial charge in [-0.2, -0.15) is 0 Å². The van der Waals surface area contributed by atoms with Gasteiger partial charge in [0.15, 0.2) is 17.4 Å². The van der Waals surface area contributed by atoms with Crippen LogP contribution >= 0.6 is 0 Å². The van der Waals surface area contributed by atoms with E-state index in [-0.39, 0.29) is 0 Å². The van der Waals surface area contributed by atoms with Crippen LogP contribution in [0.1, 0.15) is 18.4 Å². The summed E-state index contributed by atoms with van der Waals surface area (Å²) in [7, 11) is 0. The molecular formula is C12H15F2NO2. The van der Waals surface area contributed by atoms with Crippen molar-refractivity contribution >= 4 is 0 Å². The number of nitrogens with one attached hydrogen (secondary N) is 1. The van der Waals surface area contributed by atoms with E-state index in [0.29, 0.717) is 18.2 Å². The van der Waals surface area contributed by atoms with Crippen LogP contribution in [-0.2, 0) is 11.3 Å². The molecule has 0 bridgehead atoms. The van der Waals surface area contributed by atoms with Crippen molar-refractivity contribution in [2.45, 2.75) is 25.4 Å². The Kier molecular flexibility index (Phi) is 3.91. The van der Waals surface area contributed by atoms with Crippen LogP contribution in [0.2, 0.25) is 0 Å². The summed E-state index contributed by atoms with van der Waals surface area (Å²) in [6.45, 7) is 1.82. The fourth-order valence-electron chi connectivity index (χ4n) is 1.88. The Morgan fingerprint density at radius 1 is 1.24 bits per heavy atom. The van der Waals surface area contributed by atoms with Crippen molar-refractivity contribution in [3.8, 4) is 5.75 Å². The molecule has 1 aromatic rings. The molecule has 1 saturated heterocycles. The van der Waals surface area contributed by atoms with Gasteiger partial charge in [0.25, 0.3) is 0 Å². The fraction of sp³-hybridized carbons (Fsp3) is 0.500. The van der Waals surface area contributed by atoms with Gasteiger partial charge in [0.2, 0.25) is 0 Å². The van der Waals surface area contributed by atoms with E-state index in [2.05, 4.69) is 5.32 Å². The molecule has 17 heavy (non-hydrogen) atoms. The molecule has 0 saturated carbocycles. The van der Waals surface area contributed by atoms with Crippen LogP contribution in [0, 0.1) is 11.6 Å². The van der Waals surface area contributed by atoms with E-state index in [1.54, 1.807) is 0 Å². The molecule has 94 valence electrons. The molecule has 1 fully saturated rings. The third-order valence-corrected chi connectivity index (χ3v) is 2.89. The van der Waals surface area contributed by atoms with Crippen molar-refractivity contribution in [1.29, 1.82) is 0 Å². The molecule has 0 amide bonds. The number of rotatable bonds is 3. The lowest BCUT2D eigenvalue weighted by Gasteiger charge is -2.23.